The van der Waals surface area contributed by atoms with Crippen molar-refractivity contribution in [1.29, 1.82) is 0 Å². The van der Waals surface area contributed by atoms with E-state index in [2.05, 4.69) is 4.74 Å². The standard InChI is InChI=1S/C11H8Cl2F4O2/c12-7-2-1-6(3-8(7)13)9(18)4-19-5-11(16,17)10(14)15/h1-3,10H,4-5H2. The molecule has 0 aromatic heterocycles. The van der Waals surface area contributed by atoms with Crippen LogP contribution in [0.25, 0.3) is 0 Å². The second-order valence-electron chi connectivity index (χ2n) is 3.61. The van der Waals surface area contributed by atoms with Crippen molar-refractivity contribution < 1.29 is 27.1 Å². The zero-order valence-electron chi connectivity index (χ0n) is 9.31. The summed E-state index contributed by atoms with van der Waals surface area (Å²) in [6.07, 6.45) is -3.84. The fraction of sp³-hybridized carbons (Fsp3) is 0.364. The normalized spacial score (nSPS) is 11.9. The Morgan fingerprint density at radius 3 is 2.42 bits per heavy atom. The van der Waals surface area contributed by atoms with E-state index in [1.807, 2.05) is 0 Å². The summed E-state index contributed by atoms with van der Waals surface area (Å²) in [5.41, 5.74) is 0.0924. The first-order chi connectivity index (χ1) is 8.74. The van der Waals surface area contributed by atoms with E-state index in [1.54, 1.807) is 0 Å². The maximum atomic E-state index is 12.5. The number of carbonyl (C=O) groups excluding carboxylic acids is 1. The van der Waals surface area contributed by atoms with Crippen LogP contribution in [0.4, 0.5) is 17.6 Å². The number of carbonyl (C=O) groups is 1. The minimum absolute atomic E-state index is 0.0924. The molecular weight excluding hydrogens is 311 g/mol. The first-order valence-electron chi connectivity index (χ1n) is 4.96. The molecule has 0 atom stereocenters. The van der Waals surface area contributed by atoms with E-state index in [0.29, 0.717) is 0 Å². The lowest BCUT2D eigenvalue weighted by Gasteiger charge is -2.14. The smallest absolute Gasteiger partial charge is 0.330 e. The molecule has 0 aliphatic rings. The Morgan fingerprint density at radius 2 is 1.89 bits per heavy atom. The highest BCUT2D eigenvalue weighted by atomic mass is 35.5. The molecule has 0 radical (unpaired) electrons. The molecule has 0 amide bonds. The van der Waals surface area contributed by atoms with Gasteiger partial charge in [-0.1, -0.05) is 23.2 Å². The van der Waals surface area contributed by atoms with Crippen molar-refractivity contribution in [3.05, 3.63) is 33.8 Å². The molecule has 0 N–H and O–H groups in total. The highest BCUT2D eigenvalue weighted by molar-refractivity contribution is 6.42. The van der Waals surface area contributed by atoms with Crippen molar-refractivity contribution in [2.45, 2.75) is 12.3 Å². The molecule has 1 aromatic rings. The van der Waals surface area contributed by atoms with Crippen molar-refractivity contribution in [2.24, 2.45) is 0 Å². The van der Waals surface area contributed by atoms with E-state index in [-0.39, 0.29) is 15.6 Å². The third kappa shape index (κ3) is 4.63. The summed E-state index contributed by atoms with van der Waals surface area (Å²) in [5, 5.41) is 0.341. The van der Waals surface area contributed by atoms with Crippen LogP contribution < -0.4 is 0 Å². The number of ketones is 1. The van der Waals surface area contributed by atoms with Gasteiger partial charge in [-0.25, -0.2) is 8.78 Å². The van der Waals surface area contributed by atoms with Crippen LogP contribution in [0.2, 0.25) is 10.0 Å². The molecule has 0 saturated carbocycles. The Balaban J connectivity index is 2.54. The Morgan fingerprint density at radius 1 is 1.26 bits per heavy atom. The SMILES string of the molecule is O=C(COCC(F)(F)C(F)F)c1ccc(Cl)c(Cl)c1. The molecule has 0 bridgehead atoms. The highest BCUT2D eigenvalue weighted by Gasteiger charge is 2.41. The molecule has 2 nitrogen and oxygen atoms in total. The van der Waals surface area contributed by atoms with Crippen molar-refractivity contribution in [1.82, 2.24) is 0 Å². The number of hydrogen-bond acceptors (Lipinski definition) is 2. The molecule has 1 rings (SSSR count). The van der Waals surface area contributed by atoms with Crippen LogP contribution in [0, 0.1) is 0 Å². The van der Waals surface area contributed by atoms with Crippen molar-refractivity contribution in [3.8, 4) is 0 Å². The van der Waals surface area contributed by atoms with Crippen LogP contribution in [0.5, 0.6) is 0 Å². The second kappa shape index (κ2) is 6.54. The summed E-state index contributed by atoms with van der Waals surface area (Å²) >= 11 is 11.3. The number of ether oxygens (including phenoxy) is 1. The summed E-state index contributed by atoms with van der Waals surface area (Å²) < 4.78 is 52.9. The molecule has 0 saturated heterocycles. The molecule has 0 unspecified atom stereocenters. The topological polar surface area (TPSA) is 26.3 Å². The molecular formula is C11H8Cl2F4O2. The molecule has 0 spiro atoms. The van der Waals surface area contributed by atoms with Gasteiger partial charge in [0.2, 0.25) is 0 Å². The zero-order valence-corrected chi connectivity index (χ0v) is 10.8. The quantitative estimate of drug-likeness (QED) is 0.583. The van der Waals surface area contributed by atoms with Gasteiger partial charge in [0.1, 0.15) is 13.2 Å². The van der Waals surface area contributed by atoms with Gasteiger partial charge in [-0.3, -0.25) is 4.79 Å². The van der Waals surface area contributed by atoms with Gasteiger partial charge >= 0.3 is 12.3 Å². The molecule has 106 valence electrons. The number of hydrogen-bond donors (Lipinski definition) is 0. The summed E-state index contributed by atoms with van der Waals surface area (Å²) in [5.74, 6) is -4.94. The van der Waals surface area contributed by atoms with Gasteiger partial charge in [0.05, 0.1) is 10.0 Å². The monoisotopic (exact) mass is 318 g/mol. The molecule has 8 heteroatoms. The number of benzene rings is 1. The number of rotatable bonds is 6. The van der Waals surface area contributed by atoms with Gasteiger partial charge in [0.15, 0.2) is 5.78 Å². The van der Waals surface area contributed by atoms with Crippen molar-refractivity contribution in [2.75, 3.05) is 13.2 Å². The Kier molecular flexibility index (Phi) is 5.58. The van der Waals surface area contributed by atoms with E-state index in [1.165, 1.54) is 18.2 Å². The van der Waals surface area contributed by atoms with Crippen LogP contribution in [0.1, 0.15) is 10.4 Å². The first-order valence-corrected chi connectivity index (χ1v) is 5.71. The van der Waals surface area contributed by atoms with E-state index in [4.69, 9.17) is 23.2 Å². The zero-order chi connectivity index (χ0) is 14.6. The molecule has 0 fully saturated rings. The lowest BCUT2D eigenvalue weighted by atomic mass is 10.1. The fourth-order valence-electron chi connectivity index (χ4n) is 1.10. The average molecular weight is 319 g/mol. The van der Waals surface area contributed by atoms with Gasteiger partial charge < -0.3 is 4.74 Å². The lowest BCUT2D eigenvalue weighted by molar-refractivity contribution is -0.163. The van der Waals surface area contributed by atoms with Crippen molar-refractivity contribution in [3.63, 3.8) is 0 Å². The summed E-state index contributed by atoms with van der Waals surface area (Å²) in [7, 11) is 0. The average Bonchev–Trinajstić information content (AvgIpc) is 2.32. The molecule has 1 aromatic carbocycles. The second-order valence-corrected chi connectivity index (χ2v) is 4.42. The van der Waals surface area contributed by atoms with Gasteiger partial charge in [-0.2, -0.15) is 8.78 Å². The van der Waals surface area contributed by atoms with E-state index >= 15 is 0 Å². The van der Waals surface area contributed by atoms with Crippen molar-refractivity contribution >= 4 is 29.0 Å². The summed E-state index contributed by atoms with van der Waals surface area (Å²) in [6.45, 7) is -2.28. The van der Waals surface area contributed by atoms with Crippen LogP contribution >= 0.6 is 23.2 Å². The minimum atomic E-state index is -4.28. The maximum Gasteiger partial charge on any atom is 0.330 e. The number of Topliss-reactive ketones (excluding diaryl/α,β-unsaturated/α-hetero) is 1. The third-order valence-electron chi connectivity index (χ3n) is 2.09. The highest BCUT2D eigenvalue weighted by Crippen LogP contribution is 2.24. The minimum Gasteiger partial charge on any atom is -0.367 e. The van der Waals surface area contributed by atoms with Crippen LogP contribution in [-0.2, 0) is 4.74 Å². The Hall–Kier alpha value is -0.850. The largest absolute Gasteiger partial charge is 0.367 e. The van der Waals surface area contributed by atoms with Gasteiger partial charge in [-0.05, 0) is 18.2 Å². The molecule has 19 heavy (non-hydrogen) atoms. The van der Waals surface area contributed by atoms with E-state index in [0.717, 1.165) is 0 Å². The molecule has 0 aliphatic heterocycles. The van der Waals surface area contributed by atoms with Gasteiger partial charge in [0, 0.05) is 5.56 Å². The molecule has 0 aliphatic carbocycles. The Bertz CT molecular complexity index is 466. The first kappa shape index (κ1) is 16.2. The predicted molar refractivity (Wildman–Crippen MR) is 62.6 cm³/mol. The van der Waals surface area contributed by atoms with Gasteiger partial charge in [0.25, 0.3) is 0 Å². The van der Waals surface area contributed by atoms with Crippen LogP contribution in [0.3, 0.4) is 0 Å². The van der Waals surface area contributed by atoms with Crippen LogP contribution in [-0.4, -0.2) is 31.3 Å². The third-order valence-corrected chi connectivity index (χ3v) is 2.83. The van der Waals surface area contributed by atoms with Crippen LogP contribution in [0.15, 0.2) is 18.2 Å². The number of alkyl halides is 4. The summed E-state index contributed by atoms with van der Waals surface area (Å²) in [6, 6.07) is 3.91. The molecule has 0 heterocycles. The van der Waals surface area contributed by atoms with Gasteiger partial charge in [-0.15, -0.1) is 0 Å². The number of halogens is 6. The lowest BCUT2D eigenvalue weighted by Crippen LogP contribution is -2.33. The Labute approximate surface area is 116 Å². The fourth-order valence-corrected chi connectivity index (χ4v) is 1.39. The van der Waals surface area contributed by atoms with E-state index < -0.39 is 31.3 Å². The summed E-state index contributed by atoms with van der Waals surface area (Å²) in [4.78, 5) is 11.5. The predicted octanol–water partition coefficient (Wildman–Crippen LogP) is 4.09. The van der Waals surface area contributed by atoms with E-state index in [9.17, 15) is 22.4 Å². The maximum absolute atomic E-state index is 12.5.